The van der Waals surface area contributed by atoms with Crippen LogP contribution in [0.15, 0.2) is 23.3 Å². The molecule has 0 amide bonds. The Kier molecular flexibility index (Phi) is 11.2. The Labute approximate surface area is 143 Å². The maximum atomic E-state index is 5.77. The van der Waals surface area contributed by atoms with E-state index in [2.05, 4.69) is 20.6 Å². The van der Waals surface area contributed by atoms with Gasteiger partial charge in [0.25, 0.3) is 0 Å². The fraction of sp³-hybridized carbons (Fsp3) is 0.625. The molecule has 0 atom stereocenters. The standard InChI is InChI=1S/C16H27ClN4O2/c1-18-16(19-8-3-4-10-23-12-11-22-2)20-9-7-14-5-6-15(17)21-13-14/h5-6,13H,3-4,7-12H2,1-2H3,(H2,18,19,20). The van der Waals surface area contributed by atoms with Crippen LogP contribution in [0.5, 0.6) is 0 Å². The average molecular weight is 343 g/mol. The summed E-state index contributed by atoms with van der Waals surface area (Å²) in [5.74, 6) is 0.812. The minimum atomic E-state index is 0.519. The van der Waals surface area contributed by atoms with Crippen molar-refractivity contribution < 1.29 is 9.47 Å². The highest BCUT2D eigenvalue weighted by molar-refractivity contribution is 6.29. The molecule has 1 aromatic rings. The Morgan fingerprint density at radius 2 is 2.00 bits per heavy atom. The van der Waals surface area contributed by atoms with Gasteiger partial charge in [0.2, 0.25) is 0 Å². The number of aliphatic imine (C=N–C) groups is 1. The highest BCUT2D eigenvalue weighted by atomic mass is 35.5. The molecule has 1 heterocycles. The zero-order valence-electron chi connectivity index (χ0n) is 14.0. The second kappa shape index (κ2) is 13.1. The normalized spacial score (nSPS) is 11.5. The SMILES string of the molecule is CN=C(NCCCCOCCOC)NCCc1ccc(Cl)nc1. The molecular formula is C16H27ClN4O2. The van der Waals surface area contributed by atoms with Gasteiger partial charge < -0.3 is 20.1 Å². The quantitative estimate of drug-likeness (QED) is 0.278. The zero-order valence-corrected chi connectivity index (χ0v) is 14.7. The van der Waals surface area contributed by atoms with Gasteiger partial charge in [-0.15, -0.1) is 0 Å². The monoisotopic (exact) mass is 342 g/mol. The van der Waals surface area contributed by atoms with Crippen molar-refractivity contribution in [3.8, 4) is 0 Å². The van der Waals surface area contributed by atoms with E-state index in [0.29, 0.717) is 18.4 Å². The highest BCUT2D eigenvalue weighted by Crippen LogP contribution is 2.05. The molecule has 0 aromatic carbocycles. The van der Waals surface area contributed by atoms with Crippen molar-refractivity contribution in [3.63, 3.8) is 0 Å². The first-order chi connectivity index (χ1) is 11.3. The molecule has 0 spiro atoms. The van der Waals surface area contributed by atoms with Gasteiger partial charge in [-0.3, -0.25) is 4.99 Å². The molecule has 0 aliphatic carbocycles. The van der Waals surface area contributed by atoms with E-state index in [1.807, 2.05) is 6.07 Å². The van der Waals surface area contributed by atoms with Gasteiger partial charge >= 0.3 is 0 Å². The van der Waals surface area contributed by atoms with Crippen LogP contribution >= 0.6 is 11.6 Å². The van der Waals surface area contributed by atoms with Crippen molar-refractivity contribution in [1.82, 2.24) is 15.6 Å². The van der Waals surface area contributed by atoms with E-state index in [4.69, 9.17) is 21.1 Å². The number of ether oxygens (including phenoxy) is 2. The fourth-order valence-corrected chi connectivity index (χ4v) is 1.99. The molecular weight excluding hydrogens is 316 g/mol. The second-order valence-corrected chi connectivity index (χ2v) is 5.36. The van der Waals surface area contributed by atoms with Crippen molar-refractivity contribution in [2.45, 2.75) is 19.3 Å². The van der Waals surface area contributed by atoms with E-state index in [-0.39, 0.29) is 0 Å². The first-order valence-corrected chi connectivity index (χ1v) is 8.25. The third-order valence-electron chi connectivity index (χ3n) is 3.16. The summed E-state index contributed by atoms with van der Waals surface area (Å²) >= 11 is 5.77. The van der Waals surface area contributed by atoms with E-state index in [1.54, 1.807) is 26.4 Å². The maximum absolute atomic E-state index is 5.77. The van der Waals surface area contributed by atoms with E-state index in [1.165, 1.54) is 0 Å². The van der Waals surface area contributed by atoms with Crippen LogP contribution in [-0.4, -0.2) is 58.0 Å². The Hall–Kier alpha value is -1.37. The van der Waals surface area contributed by atoms with Gasteiger partial charge in [0.05, 0.1) is 13.2 Å². The number of aromatic nitrogens is 1. The summed E-state index contributed by atoms with van der Waals surface area (Å²) in [5.41, 5.74) is 1.14. The number of methoxy groups -OCH3 is 1. The molecule has 1 rings (SSSR count). The third-order valence-corrected chi connectivity index (χ3v) is 3.38. The van der Waals surface area contributed by atoms with Crippen molar-refractivity contribution >= 4 is 17.6 Å². The molecule has 0 aliphatic rings. The lowest BCUT2D eigenvalue weighted by molar-refractivity contribution is 0.0689. The molecule has 2 N–H and O–H groups in total. The van der Waals surface area contributed by atoms with E-state index >= 15 is 0 Å². The van der Waals surface area contributed by atoms with Crippen LogP contribution in [0.3, 0.4) is 0 Å². The van der Waals surface area contributed by atoms with Gasteiger partial charge in [-0.1, -0.05) is 17.7 Å². The highest BCUT2D eigenvalue weighted by Gasteiger charge is 1.98. The molecule has 130 valence electrons. The van der Waals surface area contributed by atoms with Crippen molar-refractivity contribution in [1.29, 1.82) is 0 Å². The minimum absolute atomic E-state index is 0.519. The van der Waals surface area contributed by atoms with Gasteiger partial charge in [-0.05, 0) is 30.9 Å². The number of hydrogen-bond acceptors (Lipinski definition) is 4. The van der Waals surface area contributed by atoms with Crippen LogP contribution in [0.25, 0.3) is 0 Å². The number of guanidine groups is 1. The summed E-state index contributed by atoms with van der Waals surface area (Å²) in [6.07, 6.45) is 4.72. The van der Waals surface area contributed by atoms with Gasteiger partial charge in [-0.25, -0.2) is 4.98 Å². The predicted octanol–water partition coefficient (Wildman–Crippen LogP) is 1.89. The molecule has 1 aromatic heterocycles. The van der Waals surface area contributed by atoms with E-state index in [9.17, 15) is 0 Å². The van der Waals surface area contributed by atoms with Crippen LogP contribution in [-0.2, 0) is 15.9 Å². The number of unbranched alkanes of at least 4 members (excludes halogenated alkanes) is 1. The Balaban J connectivity index is 2.05. The number of nitrogens with one attached hydrogen (secondary N) is 2. The Morgan fingerprint density at radius 1 is 1.17 bits per heavy atom. The fourth-order valence-electron chi connectivity index (χ4n) is 1.88. The summed E-state index contributed by atoms with van der Waals surface area (Å²) in [5, 5.41) is 7.09. The summed E-state index contributed by atoms with van der Waals surface area (Å²) in [7, 11) is 3.45. The van der Waals surface area contributed by atoms with Crippen LogP contribution in [0.2, 0.25) is 5.15 Å². The summed E-state index contributed by atoms with van der Waals surface area (Å²) < 4.78 is 10.3. The number of rotatable bonds is 11. The van der Waals surface area contributed by atoms with Crippen LogP contribution in [0, 0.1) is 0 Å². The number of hydrogen-bond donors (Lipinski definition) is 2. The predicted molar refractivity (Wildman–Crippen MR) is 94.2 cm³/mol. The number of halogens is 1. The topological polar surface area (TPSA) is 67.8 Å². The van der Waals surface area contributed by atoms with Gasteiger partial charge in [0, 0.05) is 40.1 Å². The van der Waals surface area contributed by atoms with Gasteiger partial charge in [-0.2, -0.15) is 0 Å². The smallest absolute Gasteiger partial charge is 0.190 e. The van der Waals surface area contributed by atoms with Gasteiger partial charge in [0.1, 0.15) is 5.15 Å². The average Bonchev–Trinajstić information content (AvgIpc) is 2.57. The maximum Gasteiger partial charge on any atom is 0.190 e. The number of nitrogens with zero attached hydrogens (tertiary/aromatic N) is 2. The van der Waals surface area contributed by atoms with Crippen LogP contribution in [0.4, 0.5) is 0 Å². The van der Waals surface area contributed by atoms with E-state index < -0.39 is 0 Å². The molecule has 0 bridgehead atoms. The molecule has 0 aliphatic heterocycles. The third kappa shape index (κ3) is 10.1. The molecule has 7 heteroatoms. The molecule has 0 unspecified atom stereocenters. The van der Waals surface area contributed by atoms with Crippen molar-refractivity contribution in [3.05, 3.63) is 29.0 Å². The molecule has 0 fully saturated rings. The lowest BCUT2D eigenvalue weighted by Gasteiger charge is -2.12. The second-order valence-electron chi connectivity index (χ2n) is 4.98. The molecule has 6 nitrogen and oxygen atoms in total. The molecule has 23 heavy (non-hydrogen) atoms. The van der Waals surface area contributed by atoms with Crippen molar-refractivity contribution in [2.75, 3.05) is 47.1 Å². The summed E-state index contributed by atoms with van der Waals surface area (Å²) in [6, 6.07) is 3.79. The summed E-state index contributed by atoms with van der Waals surface area (Å²) in [6.45, 7) is 3.74. The largest absolute Gasteiger partial charge is 0.382 e. The van der Waals surface area contributed by atoms with Crippen LogP contribution < -0.4 is 10.6 Å². The zero-order chi connectivity index (χ0) is 16.8. The lowest BCUT2D eigenvalue weighted by Crippen LogP contribution is -2.38. The minimum Gasteiger partial charge on any atom is -0.382 e. The van der Waals surface area contributed by atoms with Crippen molar-refractivity contribution in [2.24, 2.45) is 4.99 Å². The first-order valence-electron chi connectivity index (χ1n) is 7.88. The Morgan fingerprint density at radius 3 is 2.70 bits per heavy atom. The molecule has 0 saturated carbocycles. The lowest BCUT2D eigenvalue weighted by atomic mass is 10.2. The molecule has 0 saturated heterocycles. The van der Waals surface area contributed by atoms with Gasteiger partial charge in [0.15, 0.2) is 5.96 Å². The molecule has 0 radical (unpaired) electrons. The van der Waals surface area contributed by atoms with Crippen LogP contribution in [0.1, 0.15) is 18.4 Å². The van der Waals surface area contributed by atoms with E-state index in [0.717, 1.165) is 50.5 Å². The summed E-state index contributed by atoms with van der Waals surface area (Å²) in [4.78, 5) is 8.27. The Bertz CT molecular complexity index is 440. The number of pyridine rings is 1. The first kappa shape index (κ1) is 19.7.